The lowest BCUT2D eigenvalue weighted by Crippen LogP contribution is -2.65. The van der Waals surface area contributed by atoms with Gasteiger partial charge in [-0.15, -0.1) is 0 Å². The first-order chi connectivity index (χ1) is 9.33. The summed E-state index contributed by atoms with van der Waals surface area (Å²) in [7, 11) is 0. The minimum Gasteiger partial charge on any atom is -0.308 e. The smallest absolute Gasteiger partial charge is 0.102 e. The van der Waals surface area contributed by atoms with Gasteiger partial charge in [0.15, 0.2) is 0 Å². The molecule has 1 N–H and O–H groups in total. The summed E-state index contributed by atoms with van der Waals surface area (Å²) in [6, 6.07) is 0.599. The van der Waals surface area contributed by atoms with Crippen molar-refractivity contribution in [3.8, 4) is 0 Å². The molecule has 1 saturated heterocycles. The van der Waals surface area contributed by atoms with Crippen LogP contribution in [0.15, 0.2) is 0 Å². The number of halogens is 1. The second-order valence-electron chi connectivity index (χ2n) is 6.99. The van der Waals surface area contributed by atoms with Crippen molar-refractivity contribution < 1.29 is 4.39 Å². The highest BCUT2D eigenvalue weighted by Gasteiger charge is 2.42. The summed E-state index contributed by atoms with van der Waals surface area (Å²) in [6.45, 7) is 2.67. The van der Waals surface area contributed by atoms with E-state index < -0.39 is 0 Å². The second-order valence-corrected chi connectivity index (χ2v) is 6.99. The zero-order valence-corrected chi connectivity index (χ0v) is 12.2. The Balaban J connectivity index is 1.66. The number of nitrogens with zero attached hydrogens (tertiary/aromatic N) is 1. The van der Waals surface area contributed by atoms with Gasteiger partial charge in [0.1, 0.15) is 6.67 Å². The molecule has 3 heteroatoms. The van der Waals surface area contributed by atoms with E-state index in [0.29, 0.717) is 18.1 Å². The third kappa shape index (κ3) is 2.97. The lowest BCUT2D eigenvalue weighted by molar-refractivity contribution is 0.0339. The summed E-state index contributed by atoms with van der Waals surface area (Å²) < 4.78 is 12.9. The van der Waals surface area contributed by atoms with Gasteiger partial charge in [-0.2, -0.15) is 0 Å². The van der Waals surface area contributed by atoms with E-state index in [2.05, 4.69) is 10.2 Å². The standard InChI is InChI=1S/C16H29FN2/c17-10-11-19-13-16(8-4-5-9-16)18-12-15(19)14-6-2-1-3-7-14/h14-15,18H,1-13H2. The molecule has 2 nitrogen and oxygen atoms in total. The molecule has 0 bridgehead atoms. The summed E-state index contributed by atoms with van der Waals surface area (Å²) in [5.74, 6) is 0.812. The van der Waals surface area contributed by atoms with E-state index in [4.69, 9.17) is 0 Å². The highest BCUT2D eigenvalue weighted by molar-refractivity contribution is 5.02. The molecule has 110 valence electrons. The largest absolute Gasteiger partial charge is 0.308 e. The Morgan fingerprint density at radius 1 is 1.05 bits per heavy atom. The zero-order valence-electron chi connectivity index (χ0n) is 12.2. The van der Waals surface area contributed by atoms with Gasteiger partial charge in [0.05, 0.1) is 0 Å². The molecule has 0 aromatic heterocycles. The van der Waals surface area contributed by atoms with Gasteiger partial charge in [-0.3, -0.25) is 4.90 Å². The van der Waals surface area contributed by atoms with Gasteiger partial charge in [0.25, 0.3) is 0 Å². The first-order valence-corrected chi connectivity index (χ1v) is 8.38. The molecule has 0 aromatic rings. The predicted octanol–water partition coefficient (Wildman–Crippen LogP) is 3.12. The van der Waals surface area contributed by atoms with Crippen LogP contribution in [0.25, 0.3) is 0 Å². The molecule has 1 heterocycles. The summed E-state index contributed by atoms with van der Waals surface area (Å²) >= 11 is 0. The Kier molecular flexibility index (Phi) is 4.43. The van der Waals surface area contributed by atoms with E-state index in [1.54, 1.807) is 0 Å². The molecule has 19 heavy (non-hydrogen) atoms. The number of rotatable bonds is 3. The number of nitrogens with one attached hydrogen (secondary N) is 1. The lowest BCUT2D eigenvalue weighted by Gasteiger charge is -2.49. The average Bonchev–Trinajstić information content (AvgIpc) is 2.89. The molecule has 1 aliphatic heterocycles. The van der Waals surface area contributed by atoms with Crippen LogP contribution >= 0.6 is 0 Å². The molecule has 0 aromatic carbocycles. The van der Waals surface area contributed by atoms with Crippen molar-refractivity contribution in [2.24, 2.45) is 5.92 Å². The highest BCUT2D eigenvalue weighted by atomic mass is 19.1. The molecular weight excluding hydrogens is 239 g/mol. The summed E-state index contributed by atoms with van der Waals surface area (Å²) in [5, 5.41) is 3.87. The first-order valence-electron chi connectivity index (χ1n) is 8.38. The van der Waals surface area contributed by atoms with Crippen molar-refractivity contribution in [2.75, 3.05) is 26.3 Å². The fourth-order valence-electron chi connectivity index (χ4n) is 4.74. The van der Waals surface area contributed by atoms with Gasteiger partial charge in [-0.25, -0.2) is 4.39 Å². The molecule has 3 aliphatic rings. The molecule has 1 unspecified atom stereocenters. The Morgan fingerprint density at radius 2 is 1.79 bits per heavy atom. The molecule has 2 aliphatic carbocycles. The fraction of sp³-hybridized carbons (Fsp3) is 1.00. The molecule has 0 amide bonds. The van der Waals surface area contributed by atoms with E-state index in [1.807, 2.05) is 0 Å². The summed E-state index contributed by atoms with van der Waals surface area (Å²) in [4.78, 5) is 2.50. The van der Waals surface area contributed by atoms with Gasteiger partial charge in [0, 0.05) is 31.2 Å². The predicted molar refractivity (Wildman–Crippen MR) is 77.1 cm³/mol. The van der Waals surface area contributed by atoms with Crippen LogP contribution in [-0.4, -0.2) is 42.8 Å². The van der Waals surface area contributed by atoms with Crippen molar-refractivity contribution in [3.05, 3.63) is 0 Å². The maximum Gasteiger partial charge on any atom is 0.102 e. The minimum atomic E-state index is -0.181. The van der Waals surface area contributed by atoms with E-state index in [9.17, 15) is 4.39 Å². The van der Waals surface area contributed by atoms with Crippen LogP contribution in [0.5, 0.6) is 0 Å². The maximum atomic E-state index is 12.9. The van der Waals surface area contributed by atoms with Gasteiger partial charge in [0.2, 0.25) is 0 Å². The van der Waals surface area contributed by atoms with Gasteiger partial charge in [-0.05, 0) is 31.6 Å². The summed E-state index contributed by atoms with van der Waals surface area (Å²) in [5.41, 5.74) is 0.334. The third-order valence-corrected chi connectivity index (χ3v) is 5.79. The van der Waals surface area contributed by atoms with Crippen LogP contribution in [0.3, 0.4) is 0 Å². The molecule has 1 atom stereocenters. The fourth-order valence-corrected chi connectivity index (χ4v) is 4.74. The molecule has 1 spiro atoms. The topological polar surface area (TPSA) is 15.3 Å². The van der Waals surface area contributed by atoms with Gasteiger partial charge in [-0.1, -0.05) is 32.1 Å². The van der Waals surface area contributed by atoms with E-state index in [0.717, 1.165) is 19.0 Å². The maximum absolute atomic E-state index is 12.9. The van der Waals surface area contributed by atoms with E-state index in [1.165, 1.54) is 57.8 Å². The SMILES string of the molecule is FCCN1CC2(CCCC2)NCC1C1CCCCC1. The molecular formula is C16H29FN2. The number of alkyl halides is 1. The number of piperazine rings is 1. The summed E-state index contributed by atoms with van der Waals surface area (Å²) in [6.07, 6.45) is 12.2. The highest BCUT2D eigenvalue weighted by Crippen LogP contribution is 2.37. The van der Waals surface area contributed by atoms with E-state index in [-0.39, 0.29) is 6.67 Å². The Labute approximate surface area is 117 Å². The lowest BCUT2D eigenvalue weighted by atomic mass is 9.80. The van der Waals surface area contributed by atoms with Crippen molar-refractivity contribution >= 4 is 0 Å². The third-order valence-electron chi connectivity index (χ3n) is 5.79. The Hall–Kier alpha value is -0.150. The van der Waals surface area contributed by atoms with Crippen molar-refractivity contribution in [2.45, 2.75) is 69.4 Å². The van der Waals surface area contributed by atoms with Crippen LogP contribution in [0.2, 0.25) is 0 Å². The van der Waals surface area contributed by atoms with Crippen LogP contribution in [-0.2, 0) is 0 Å². The molecule has 2 saturated carbocycles. The number of hydrogen-bond donors (Lipinski definition) is 1. The van der Waals surface area contributed by atoms with Gasteiger partial charge < -0.3 is 5.32 Å². The van der Waals surface area contributed by atoms with Crippen LogP contribution in [0.4, 0.5) is 4.39 Å². The van der Waals surface area contributed by atoms with Crippen LogP contribution in [0, 0.1) is 5.92 Å². The normalized spacial score (nSPS) is 33.0. The van der Waals surface area contributed by atoms with Crippen LogP contribution < -0.4 is 5.32 Å². The Bertz CT molecular complexity index is 282. The van der Waals surface area contributed by atoms with Crippen molar-refractivity contribution in [3.63, 3.8) is 0 Å². The average molecular weight is 268 g/mol. The zero-order chi connectivity index (χ0) is 13.1. The first kappa shape index (κ1) is 13.8. The Morgan fingerprint density at radius 3 is 2.47 bits per heavy atom. The minimum absolute atomic E-state index is 0.181. The molecule has 0 radical (unpaired) electrons. The second kappa shape index (κ2) is 6.09. The van der Waals surface area contributed by atoms with E-state index >= 15 is 0 Å². The van der Waals surface area contributed by atoms with Crippen molar-refractivity contribution in [1.82, 2.24) is 10.2 Å². The molecule has 3 fully saturated rings. The van der Waals surface area contributed by atoms with Crippen LogP contribution in [0.1, 0.15) is 57.8 Å². The number of hydrogen-bond acceptors (Lipinski definition) is 2. The van der Waals surface area contributed by atoms with Crippen molar-refractivity contribution in [1.29, 1.82) is 0 Å². The molecule has 3 rings (SSSR count). The monoisotopic (exact) mass is 268 g/mol. The van der Waals surface area contributed by atoms with Gasteiger partial charge >= 0.3 is 0 Å². The quantitative estimate of drug-likeness (QED) is 0.846.